The zero-order valence-electron chi connectivity index (χ0n) is 13.5. The third kappa shape index (κ3) is 3.82. The molecule has 1 amide bonds. The lowest BCUT2D eigenvalue weighted by Gasteiger charge is -2.25. The predicted molar refractivity (Wildman–Crippen MR) is 89.3 cm³/mol. The molecule has 2 atom stereocenters. The van der Waals surface area contributed by atoms with Gasteiger partial charge in [-0.2, -0.15) is 0 Å². The highest BCUT2D eigenvalue weighted by Crippen LogP contribution is 2.27. The summed E-state index contributed by atoms with van der Waals surface area (Å²) in [6.07, 6.45) is 2.58. The van der Waals surface area contributed by atoms with Gasteiger partial charge in [0.05, 0.1) is 18.2 Å². The standard InChI is InChI=1S/C17H22N2O3S/c1-11(20)8-14-4-3-7-19(14)16(21)9-13-10-23-17(18-13)15-6-5-12(2)22-15/h5-6,10-11,14,20H,3-4,7-9H2,1-2H3. The summed E-state index contributed by atoms with van der Waals surface area (Å²) >= 11 is 1.50. The van der Waals surface area contributed by atoms with E-state index in [4.69, 9.17) is 4.42 Å². The van der Waals surface area contributed by atoms with E-state index in [0.29, 0.717) is 12.8 Å². The second-order valence-corrected chi connectivity index (χ2v) is 7.06. The van der Waals surface area contributed by atoms with Crippen LogP contribution in [0.4, 0.5) is 0 Å². The minimum Gasteiger partial charge on any atom is -0.459 e. The zero-order valence-corrected chi connectivity index (χ0v) is 14.3. The van der Waals surface area contributed by atoms with Crippen molar-refractivity contribution in [2.24, 2.45) is 0 Å². The average molecular weight is 334 g/mol. The normalized spacial score (nSPS) is 19.3. The molecule has 1 aliphatic heterocycles. The molecular formula is C17H22N2O3S. The van der Waals surface area contributed by atoms with Crippen LogP contribution >= 0.6 is 11.3 Å². The molecule has 1 fully saturated rings. The topological polar surface area (TPSA) is 66.6 Å². The maximum Gasteiger partial charge on any atom is 0.228 e. The molecule has 1 saturated heterocycles. The van der Waals surface area contributed by atoms with Gasteiger partial charge >= 0.3 is 0 Å². The lowest BCUT2D eigenvalue weighted by Crippen LogP contribution is -2.38. The first kappa shape index (κ1) is 16.2. The summed E-state index contributed by atoms with van der Waals surface area (Å²) in [4.78, 5) is 19.0. The molecule has 1 N–H and O–H groups in total. The number of hydrogen-bond acceptors (Lipinski definition) is 5. The minimum atomic E-state index is -0.374. The van der Waals surface area contributed by atoms with Gasteiger partial charge in [-0.25, -0.2) is 4.98 Å². The molecule has 2 unspecified atom stereocenters. The highest BCUT2D eigenvalue weighted by Gasteiger charge is 2.29. The fourth-order valence-electron chi connectivity index (χ4n) is 3.11. The van der Waals surface area contributed by atoms with Crippen LogP contribution in [-0.4, -0.2) is 39.6 Å². The van der Waals surface area contributed by atoms with E-state index in [-0.39, 0.29) is 18.1 Å². The molecular weight excluding hydrogens is 312 g/mol. The van der Waals surface area contributed by atoms with Crippen molar-refractivity contribution in [2.45, 2.75) is 51.7 Å². The molecule has 0 spiro atoms. The monoisotopic (exact) mass is 334 g/mol. The van der Waals surface area contributed by atoms with Crippen LogP contribution in [0.15, 0.2) is 21.9 Å². The van der Waals surface area contributed by atoms with Gasteiger partial charge in [-0.1, -0.05) is 0 Å². The Hall–Kier alpha value is -1.66. The van der Waals surface area contributed by atoms with E-state index in [2.05, 4.69) is 4.98 Å². The van der Waals surface area contributed by atoms with Gasteiger partial charge in [0.1, 0.15) is 5.76 Å². The fraction of sp³-hybridized carbons (Fsp3) is 0.529. The van der Waals surface area contributed by atoms with Crippen molar-refractivity contribution in [2.75, 3.05) is 6.54 Å². The number of rotatable bonds is 5. The summed E-state index contributed by atoms with van der Waals surface area (Å²) in [6, 6.07) is 3.97. The maximum atomic E-state index is 12.5. The Morgan fingerprint density at radius 2 is 2.39 bits per heavy atom. The first-order valence-corrected chi connectivity index (χ1v) is 8.89. The molecule has 0 saturated carbocycles. The number of carbonyl (C=O) groups excluding carboxylic acids is 1. The van der Waals surface area contributed by atoms with Gasteiger partial charge in [0.2, 0.25) is 5.91 Å². The van der Waals surface area contributed by atoms with E-state index in [9.17, 15) is 9.90 Å². The smallest absolute Gasteiger partial charge is 0.228 e. The summed E-state index contributed by atoms with van der Waals surface area (Å²) in [5.74, 6) is 1.70. The average Bonchev–Trinajstić information content (AvgIpc) is 3.18. The Balaban J connectivity index is 1.65. The van der Waals surface area contributed by atoms with Gasteiger partial charge < -0.3 is 14.4 Å². The van der Waals surface area contributed by atoms with Crippen LogP contribution in [-0.2, 0) is 11.2 Å². The van der Waals surface area contributed by atoms with Crippen LogP contribution in [0.2, 0.25) is 0 Å². The van der Waals surface area contributed by atoms with Crippen LogP contribution in [0, 0.1) is 6.92 Å². The molecule has 0 aliphatic carbocycles. The molecule has 3 rings (SSSR count). The van der Waals surface area contributed by atoms with Crippen molar-refractivity contribution in [1.82, 2.24) is 9.88 Å². The largest absolute Gasteiger partial charge is 0.459 e. The van der Waals surface area contributed by atoms with Crippen LogP contribution in [0.5, 0.6) is 0 Å². The van der Waals surface area contributed by atoms with Crippen LogP contribution in [0.3, 0.4) is 0 Å². The summed E-state index contributed by atoms with van der Waals surface area (Å²) < 4.78 is 5.57. The second kappa shape index (κ2) is 6.84. The van der Waals surface area contributed by atoms with Gasteiger partial charge in [0.25, 0.3) is 0 Å². The first-order chi connectivity index (χ1) is 11.0. The quantitative estimate of drug-likeness (QED) is 0.913. The number of aromatic nitrogens is 1. The molecule has 124 valence electrons. The Morgan fingerprint density at radius 3 is 3.09 bits per heavy atom. The van der Waals surface area contributed by atoms with Crippen molar-refractivity contribution in [3.8, 4) is 10.8 Å². The molecule has 0 aromatic carbocycles. The third-order valence-electron chi connectivity index (χ3n) is 4.15. The Morgan fingerprint density at radius 1 is 1.57 bits per heavy atom. The van der Waals surface area contributed by atoms with Gasteiger partial charge in [-0.15, -0.1) is 11.3 Å². The Kier molecular flexibility index (Phi) is 4.82. The van der Waals surface area contributed by atoms with Crippen molar-refractivity contribution < 1.29 is 14.3 Å². The molecule has 2 aromatic rings. The molecule has 1 aliphatic rings. The zero-order chi connectivity index (χ0) is 16.4. The van der Waals surface area contributed by atoms with E-state index in [1.165, 1.54) is 11.3 Å². The SMILES string of the molecule is Cc1ccc(-c2nc(CC(=O)N3CCCC3CC(C)O)cs2)o1. The Bertz CT molecular complexity index is 677. The molecule has 3 heterocycles. The van der Waals surface area contributed by atoms with Crippen LogP contribution in [0.1, 0.15) is 37.6 Å². The molecule has 23 heavy (non-hydrogen) atoms. The van der Waals surface area contributed by atoms with Crippen LogP contribution in [0.25, 0.3) is 10.8 Å². The fourth-order valence-corrected chi connectivity index (χ4v) is 3.89. The highest BCUT2D eigenvalue weighted by atomic mass is 32.1. The number of aliphatic hydroxyl groups is 1. The summed E-state index contributed by atoms with van der Waals surface area (Å²) in [5, 5.41) is 12.3. The number of likely N-dealkylation sites (tertiary alicyclic amines) is 1. The number of amides is 1. The molecule has 0 radical (unpaired) electrons. The number of nitrogens with zero attached hydrogens (tertiary/aromatic N) is 2. The molecule has 5 nitrogen and oxygen atoms in total. The van der Waals surface area contributed by atoms with Gasteiger partial charge in [0.15, 0.2) is 10.8 Å². The number of aryl methyl sites for hydroxylation is 1. The summed E-state index contributed by atoms with van der Waals surface area (Å²) in [5.41, 5.74) is 0.784. The number of thiazole rings is 1. The lowest BCUT2D eigenvalue weighted by atomic mass is 10.1. The van der Waals surface area contributed by atoms with E-state index >= 15 is 0 Å². The van der Waals surface area contributed by atoms with Gasteiger partial charge in [-0.3, -0.25) is 4.79 Å². The van der Waals surface area contributed by atoms with E-state index < -0.39 is 0 Å². The molecule has 0 bridgehead atoms. The lowest BCUT2D eigenvalue weighted by molar-refractivity contribution is -0.131. The maximum absolute atomic E-state index is 12.5. The van der Waals surface area contributed by atoms with Gasteiger partial charge in [0, 0.05) is 18.0 Å². The highest BCUT2D eigenvalue weighted by molar-refractivity contribution is 7.13. The van der Waals surface area contributed by atoms with E-state index in [1.54, 1.807) is 6.92 Å². The number of carbonyl (C=O) groups is 1. The number of hydrogen-bond donors (Lipinski definition) is 1. The molecule has 2 aromatic heterocycles. The Labute approximate surface area is 140 Å². The van der Waals surface area contributed by atoms with Gasteiger partial charge in [-0.05, 0) is 45.2 Å². The van der Waals surface area contributed by atoms with Crippen molar-refractivity contribution in [3.05, 3.63) is 29.0 Å². The van der Waals surface area contributed by atoms with Crippen molar-refractivity contribution >= 4 is 17.2 Å². The van der Waals surface area contributed by atoms with Crippen molar-refractivity contribution in [3.63, 3.8) is 0 Å². The van der Waals surface area contributed by atoms with E-state index in [0.717, 1.165) is 41.6 Å². The summed E-state index contributed by atoms with van der Waals surface area (Å²) in [6.45, 7) is 4.46. The second-order valence-electron chi connectivity index (χ2n) is 6.20. The predicted octanol–water partition coefficient (Wildman–Crippen LogP) is 3.02. The summed E-state index contributed by atoms with van der Waals surface area (Å²) in [7, 11) is 0. The van der Waals surface area contributed by atoms with Crippen molar-refractivity contribution in [1.29, 1.82) is 0 Å². The number of furan rings is 1. The minimum absolute atomic E-state index is 0.0978. The molecule has 6 heteroatoms. The van der Waals surface area contributed by atoms with Crippen LogP contribution < -0.4 is 0 Å². The first-order valence-electron chi connectivity index (χ1n) is 8.01. The third-order valence-corrected chi connectivity index (χ3v) is 5.05. The van der Waals surface area contributed by atoms with E-state index in [1.807, 2.05) is 29.3 Å². The number of aliphatic hydroxyl groups excluding tert-OH is 1.